The van der Waals surface area contributed by atoms with Crippen molar-refractivity contribution in [1.29, 1.82) is 0 Å². The van der Waals surface area contributed by atoms with E-state index in [1.54, 1.807) is 0 Å². The summed E-state index contributed by atoms with van der Waals surface area (Å²) < 4.78 is 0. The molecule has 0 heterocycles. The molecule has 1 N–H and O–H groups in total. The summed E-state index contributed by atoms with van der Waals surface area (Å²) in [5.74, 6) is 1.78. The summed E-state index contributed by atoms with van der Waals surface area (Å²) in [5.41, 5.74) is 6.23. The zero-order chi connectivity index (χ0) is 27.8. The van der Waals surface area contributed by atoms with Gasteiger partial charge in [-0.15, -0.1) is 0 Å². The van der Waals surface area contributed by atoms with Gasteiger partial charge in [-0.2, -0.15) is 0 Å². The Bertz CT molecular complexity index is 956. The fourth-order valence-electron chi connectivity index (χ4n) is 6.07. The standard InChI is InChI=1S/C18H29N.C18H27N.2CH4/c2*1-14-5-7-15(8-6-14)13-19-17-11-9-16(10-12-17)18(2,3)4;;/h5-8,16-17,19H,9-13H2,1-4H3;5-8,13,16-17H,9-12H2,1-4H3;2*1H4. The molecule has 0 atom stereocenters. The van der Waals surface area contributed by atoms with Crippen molar-refractivity contribution in [1.82, 2.24) is 5.32 Å². The van der Waals surface area contributed by atoms with Crippen LogP contribution in [0.5, 0.6) is 0 Å². The molecular weight excluding hydrogens is 484 g/mol. The monoisotopic (exact) mass is 549 g/mol. The third-order valence-corrected chi connectivity index (χ3v) is 9.10. The van der Waals surface area contributed by atoms with Crippen molar-refractivity contribution >= 4 is 6.21 Å². The molecule has 2 aromatic rings. The summed E-state index contributed by atoms with van der Waals surface area (Å²) in [6.07, 6.45) is 12.7. The number of benzene rings is 2. The normalized spacial score (nSPS) is 23.4. The van der Waals surface area contributed by atoms with Crippen LogP contribution in [0.4, 0.5) is 0 Å². The second-order valence-corrected chi connectivity index (χ2v) is 14.3. The van der Waals surface area contributed by atoms with E-state index in [9.17, 15) is 0 Å². The average Bonchev–Trinajstić information content (AvgIpc) is 2.88. The average molecular weight is 549 g/mol. The lowest BCUT2D eigenvalue weighted by molar-refractivity contribution is 0.160. The molecule has 2 aliphatic rings. The van der Waals surface area contributed by atoms with Crippen LogP contribution in [0.1, 0.15) is 130 Å². The van der Waals surface area contributed by atoms with Crippen LogP contribution in [-0.4, -0.2) is 18.3 Å². The van der Waals surface area contributed by atoms with Crippen molar-refractivity contribution in [2.24, 2.45) is 27.7 Å². The molecule has 2 aliphatic carbocycles. The van der Waals surface area contributed by atoms with Gasteiger partial charge in [0.15, 0.2) is 0 Å². The summed E-state index contributed by atoms with van der Waals surface area (Å²) in [6, 6.07) is 18.8. The van der Waals surface area contributed by atoms with Crippen LogP contribution in [-0.2, 0) is 6.54 Å². The van der Waals surface area contributed by atoms with Gasteiger partial charge >= 0.3 is 0 Å². The molecule has 40 heavy (non-hydrogen) atoms. The molecule has 0 aliphatic heterocycles. The van der Waals surface area contributed by atoms with E-state index in [1.807, 2.05) is 0 Å². The molecule has 2 saturated carbocycles. The van der Waals surface area contributed by atoms with E-state index in [0.29, 0.717) is 16.9 Å². The Kier molecular flexibility index (Phi) is 14.9. The molecule has 2 aromatic carbocycles. The summed E-state index contributed by atoms with van der Waals surface area (Å²) in [5, 5.41) is 3.73. The Morgan fingerprint density at radius 1 is 0.650 bits per heavy atom. The first-order chi connectivity index (χ1) is 17.9. The highest BCUT2D eigenvalue weighted by Gasteiger charge is 2.30. The van der Waals surface area contributed by atoms with E-state index in [0.717, 1.165) is 24.4 Å². The highest BCUT2D eigenvalue weighted by Crippen LogP contribution is 2.39. The minimum atomic E-state index is 0. The lowest BCUT2D eigenvalue weighted by Gasteiger charge is -2.37. The number of nitrogens with one attached hydrogen (secondary N) is 1. The van der Waals surface area contributed by atoms with Gasteiger partial charge in [-0.05, 0) is 99.0 Å². The van der Waals surface area contributed by atoms with E-state index in [2.05, 4.69) is 115 Å². The van der Waals surface area contributed by atoms with E-state index < -0.39 is 0 Å². The number of aliphatic imine (C=N–C) groups is 1. The minimum absolute atomic E-state index is 0. The zero-order valence-electron chi connectivity index (χ0n) is 25.8. The molecule has 2 nitrogen and oxygen atoms in total. The number of hydrogen-bond donors (Lipinski definition) is 1. The summed E-state index contributed by atoms with van der Waals surface area (Å²) >= 11 is 0. The fourth-order valence-corrected chi connectivity index (χ4v) is 6.07. The third kappa shape index (κ3) is 12.3. The van der Waals surface area contributed by atoms with Gasteiger partial charge in [0.2, 0.25) is 0 Å². The van der Waals surface area contributed by atoms with E-state index in [4.69, 9.17) is 4.99 Å². The van der Waals surface area contributed by atoms with Gasteiger partial charge in [0.05, 0.1) is 0 Å². The van der Waals surface area contributed by atoms with Crippen molar-refractivity contribution in [3.05, 3.63) is 70.8 Å². The zero-order valence-corrected chi connectivity index (χ0v) is 25.8. The minimum Gasteiger partial charge on any atom is -0.310 e. The van der Waals surface area contributed by atoms with Crippen molar-refractivity contribution in [3.63, 3.8) is 0 Å². The SMILES string of the molecule is C.C.Cc1ccc(C=NC2CCC(C(C)(C)C)CC2)cc1.Cc1ccc(CNC2CCC(C(C)(C)C)CC2)cc1. The van der Waals surface area contributed by atoms with Crippen LogP contribution < -0.4 is 5.32 Å². The van der Waals surface area contributed by atoms with Gasteiger partial charge in [-0.3, -0.25) is 4.99 Å². The van der Waals surface area contributed by atoms with Crippen molar-refractivity contribution in [2.75, 3.05) is 0 Å². The van der Waals surface area contributed by atoms with Gasteiger partial charge in [0, 0.05) is 24.8 Å². The Labute approximate surface area is 249 Å². The van der Waals surface area contributed by atoms with Crippen LogP contribution in [0.25, 0.3) is 0 Å². The van der Waals surface area contributed by atoms with Crippen molar-refractivity contribution < 1.29 is 0 Å². The Morgan fingerprint density at radius 3 is 1.52 bits per heavy atom. The first-order valence-corrected chi connectivity index (χ1v) is 15.3. The van der Waals surface area contributed by atoms with Gasteiger partial charge in [0.25, 0.3) is 0 Å². The molecule has 0 radical (unpaired) electrons. The molecule has 2 heteroatoms. The van der Waals surface area contributed by atoms with Gasteiger partial charge in [0.1, 0.15) is 0 Å². The van der Waals surface area contributed by atoms with Gasteiger partial charge in [-0.25, -0.2) is 0 Å². The number of hydrogen-bond acceptors (Lipinski definition) is 2. The molecule has 226 valence electrons. The summed E-state index contributed by atoms with van der Waals surface area (Å²) in [6.45, 7) is 19.5. The van der Waals surface area contributed by atoms with Crippen molar-refractivity contribution in [2.45, 2.75) is 140 Å². The Balaban J connectivity index is 0.000000381. The lowest BCUT2D eigenvalue weighted by atomic mass is 9.71. The second-order valence-electron chi connectivity index (χ2n) is 14.3. The molecular formula is C38H64N2. The lowest BCUT2D eigenvalue weighted by Crippen LogP contribution is -2.35. The first-order valence-electron chi connectivity index (χ1n) is 15.3. The van der Waals surface area contributed by atoms with E-state index in [-0.39, 0.29) is 14.9 Å². The quantitative estimate of drug-likeness (QED) is 0.369. The maximum atomic E-state index is 4.77. The molecule has 0 aromatic heterocycles. The Morgan fingerprint density at radius 2 is 1.07 bits per heavy atom. The van der Waals surface area contributed by atoms with Gasteiger partial charge < -0.3 is 5.32 Å². The van der Waals surface area contributed by atoms with Crippen LogP contribution in [0.2, 0.25) is 0 Å². The summed E-state index contributed by atoms with van der Waals surface area (Å²) in [7, 11) is 0. The number of rotatable bonds is 5. The topological polar surface area (TPSA) is 24.4 Å². The molecule has 0 amide bonds. The van der Waals surface area contributed by atoms with E-state index >= 15 is 0 Å². The molecule has 0 unspecified atom stereocenters. The third-order valence-electron chi connectivity index (χ3n) is 9.10. The predicted molar refractivity (Wildman–Crippen MR) is 181 cm³/mol. The number of aryl methyl sites for hydroxylation is 2. The van der Waals surface area contributed by atoms with Crippen LogP contribution in [0.3, 0.4) is 0 Å². The molecule has 2 fully saturated rings. The fraction of sp³-hybridized carbons (Fsp3) is 0.658. The summed E-state index contributed by atoms with van der Waals surface area (Å²) in [4.78, 5) is 4.77. The molecule has 4 rings (SSSR count). The highest BCUT2D eigenvalue weighted by atomic mass is 14.9. The van der Waals surface area contributed by atoms with Crippen LogP contribution >= 0.6 is 0 Å². The molecule has 0 saturated heterocycles. The molecule has 0 bridgehead atoms. The van der Waals surface area contributed by atoms with Crippen molar-refractivity contribution in [3.8, 4) is 0 Å². The Hall–Kier alpha value is -1.93. The van der Waals surface area contributed by atoms with E-state index in [1.165, 1.54) is 73.6 Å². The highest BCUT2D eigenvalue weighted by molar-refractivity contribution is 5.79. The smallest absolute Gasteiger partial charge is 0.0500 e. The second kappa shape index (κ2) is 16.5. The van der Waals surface area contributed by atoms with Gasteiger partial charge in [-0.1, -0.05) is 116 Å². The van der Waals surface area contributed by atoms with Crippen LogP contribution in [0.15, 0.2) is 53.5 Å². The maximum Gasteiger partial charge on any atom is 0.0500 e. The number of nitrogens with zero attached hydrogens (tertiary/aromatic N) is 1. The maximum absolute atomic E-state index is 4.77. The molecule has 0 spiro atoms. The first kappa shape index (κ1) is 36.1. The predicted octanol–water partition coefficient (Wildman–Crippen LogP) is 11.0. The largest absolute Gasteiger partial charge is 0.310 e. The van der Waals surface area contributed by atoms with Crippen LogP contribution in [0, 0.1) is 36.5 Å².